The molecule has 0 amide bonds. The van der Waals surface area contributed by atoms with E-state index in [2.05, 4.69) is 30.6 Å². The van der Waals surface area contributed by atoms with E-state index in [0.717, 1.165) is 5.56 Å². The first kappa shape index (κ1) is 17.6. The van der Waals surface area contributed by atoms with Crippen molar-refractivity contribution in [3.05, 3.63) is 54.2 Å². The standard InChI is InChI=1S/C17H13F2N7O2/c1-27-13-4-2-3-10(7-13)15-21-25-26(24-15)9-12-6-5-11(8-20-12)16-22-23-17(28-16)14(18)19/h2-8,14H,9H2,1H3. The molecule has 3 aromatic heterocycles. The maximum atomic E-state index is 12.5. The summed E-state index contributed by atoms with van der Waals surface area (Å²) in [5.74, 6) is 0.410. The van der Waals surface area contributed by atoms with Crippen LogP contribution >= 0.6 is 0 Å². The van der Waals surface area contributed by atoms with Gasteiger partial charge in [-0.15, -0.1) is 20.4 Å². The highest BCUT2D eigenvalue weighted by molar-refractivity contribution is 5.56. The Morgan fingerprint density at radius 3 is 2.71 bits per heavy atom. The molecular weight excluding hydrogens is 372 g/mol. The van der Waals surface area contributed by atoms with Crippen molar-refractivity contribution < 1.29 is 17.9 Å². The van der Waals surface area contributed by atoms with Crippen LogP contribution in [0.5, 0.6) is 5.75 Å². The zero-order valence-corrected chi connectivity index (χ0v) is 14.5. The summed E-state index contributed by atoms with van der Waals surface area (Å²) in [6, 6.07) is 10.7. The van der Waals surface area contributed by atoms with Gasteiger partial charge in [-0.3, -0.25) is 4.98 Å². The summed E-state index contributed by atoms with van der Waals surface area (Å²) in [6.45, 7) is 0.281. The van der Waals surface area contributed by atoms with Crippen molar-refractivity contribution in [1.82, 2.24) is 35.4 Å². The van der Waals surface area contributed by atoms with Crippen molar-refractivity contribution in [2.24, 2.45) is 0 Å². The van der Waals surface area contributed by atoms with Gasteiger partial charge < -0.3 is 9.15 Å². The van der Waals surface area contributed by atoms with E-state index < -0.39 is 12.3 Å². The molecule has 0 bridgehead atoms. The van der Waals surface area contributed by atoms with Crippen molar-refractivity contribution in [1.29, 1.82) is 0 Å². The van der Waals surface area contributed by atoms with Gasteiger partial charge >= 0.3 is 6.43 Å². The molecule has 0 radical (unpaired) electrons. The number of methoxy groups -OCH3 is 1. The number of halogens is 2. The van der Waals surface area contributed by atoms with Crippen LogP contribution < -0.4 is 4.74 Å². The SMILES string of the molecule is COc1cccc(-c2nnn(Cc3ccc(-c4nnc(C(F)F)o4)cn3)n2)c1. The average Bonchev–Trinajstić information content (AvgIpc) is 3.39. The first-order chi connectivity index (χ1) is 13.6. The maximum absolute atomic E-state index is 12.5. The second-order valence-electron chi connectivity index (χ2n) is 5.66. The minimum absolute atomic E-state index is 0.0199. The molecule has 0 atom stereocenters. The minimum Gasteiger partial charge on any atom is -0.497 e. The molecule has 4 rings (SSSR count). The van der Waals surface area contributed by atoms with Gasteiger partial charge in [0.15, 0.2) is 0 Å². The molecule has 28 heavy (non-hydrogen) atoms. The number of hydrogen-bond acceptors (Lipinski definition) is 8. The molecule has 4 aromatic rings. The zero-order valence-electron chi connectivity index (χ0n) is 14.5. The number of nitrogens with zero attached hydrogens (tertiary/aromatic N) is 7. The molecule has 142 valence electrons. The normalized spacial score (nSPS) is 11.1. The second-order valence-corrected chi connectivity index (χ2v) is 5.66. The highest BCUT2D eigenvalue weighted by Crippen LogP contribution is 2.23. The van der Waals surface area contributed by atoms with Crippen molar-refractivity contribution in [2.45, 2.75) is 13.0 Å². The van der Waals surface area contributed by atoms with Crippen LogP contribution in [0.25, 0.3) is 22.8 Å². The number of ether oxygens (including phenoxy) is 1. The Morgan fingerprint density at radius 2 is 2.00 bits per heavy atom. The number of hydrogen-bond donors (Lipinski definition) is 0. The molecule has 0 aliphatic carbocycles. The van der Waals surface area contributed by atoms with Crippen LogP contribution in [0.15, 0.2) is 47.0 Å². The van der Waals surface area contributed by atoms with E-state index in [1.165, 1.54) is 11.0 Å². The van der Waals surface area contributed by atoms with Gasteiger partial charge in [-0.25, -0.2) is 0 Å². The number of benzene rings is 1. The average molecular weight is 385 g/mol. The fourth-order valence-corrected chi connectivity index (χ4v) is 2.42. The minimum atomic E-state index is -2.81. The summed E-state index contributed by atoms with van der Waals surface area (Å²) in [5.41, 5.74) is 1.86. The summed E-state index contributed by atoms with van der Waals surface area (Å²) in [7, 11) is 1.58. The number of alkyl halides is 2. The van der Waals surface area contributed by atoms with E-state index in [-0.39, 0.29) is 12.4 Å². The summed E-state index contributed by atoms with van der Waals surface area (Å²) < 4.78 is 35.1. The third kappa shape index (κ3) is 3.68. The van der Waals surface area contributed by atoms with E-state index in [1.807, 2.05) is 24.3 Å². The zero-order chi connectivity index (χ0) is 19.5. The van der Waals surface area contributed by atoms with Gasteiger partial charge in [0.1, 0.15) is 12.3 Å². The van der Waals surface area contributed by atoms with Gasteiger partial charge in [0.2, 0.25) is 11.7 Å². The van der Waals surface area contributed by atoms with Gasteiger partial charge in [0.05, 0.1) is 18.4 Å². The van der Waals surface area contributed by atoms with E-state index in [0.29, 0.717) is 22.8 Å². The lowest BCUT2D eigenvalue weighted by Gasteiger charge is -2.01. The Balaban J connectivity index is 1.48. The molecule has 0 spiro atoms. The lowest BCUT2D eigenvalue weighted by Crippen LogP contribution is -2.05. The van der Waals surface area contributed by atoms with Crippen LogP contribution in [0.2, 0.25) is 0 Å². The molecule has 9 nitrogen and oxygen atoms in total. The highest BCUT2D eigenvalue weighted by Gasteiger charge is 2.17. The molecule has 0 N–H and O–H groups in total. The highest BCUT2D eigenvalue weighted by atomic mass is 19.3. The largest absolute Gasteiger partial charge is 0.497 e. The van der Waals surface area contributed by atoms with Gasteiger partial charge in [-0.05, 0) is 29.5 Å². The van der Waals surface area contributed by atoms with Gasteiger partial charge in [-0.1, -0.05) is 12.1 Å². The monoisotopic (exact) mass is 385 g/mol. The predicted octanol–water partition coefficient (Wildman–Crippen LogP) is 2.78. The van der Waals surface area contributed by atoms with Crippen molar-refractivity contribution in [2.75, 3.05) is 7.11 Å². The summed E-state index contributed by atoms with van der Waals surface area (Å²) in [6.07, 6.45) is -1.36. The maximum Gasteiger partial charge on any atom is 0.314 e. The Hall–Kier alpha value is -3.76. The smallest absolute Gasteiger partial charge is 0.314 e. The third-order valence-corrected chi connectivity index (χ3v) is 3.78. The van der Waals surface area contributed by atoms with Gasteiger partial charge in [0.25, 0.3) is 5.89 Å². The fourth-order valence-electron chi connectivity index (χ4n) is 2.42. The molecule has 0 fully saturated rings. The molecule has 3 heterocycles. The number of aromatic nitrogens is 7. The molecular formula is C17H13F2N7O2. The summed E-state index contributed by atoms with van der Waals surface area (Å²) in [5, 5.41) is 19.3. The molecule has 0 unspecified atom stereocenters. The van der Waals surface area contributed by atoms with Crippen LogP contribution in [0.1, 0.15) is 18.0 Å². The Bertz CT molecular complexity index is 1080. The summed E-state index contributed by atoms with van der Waals surface area (Å²) >= 11 is 0. The fraction of sp³-hybridized carbons (Fsp3) is 0.176. The van der Waals surface area contributed by atoms with Gasteiger partial charge in [0, 0.05) is 11.8 Å². The molecule has 0 aliphatic heterocycles. The van der Waals surface area contributed by atoms with Crippen molar-refractivity contribution in [3.8, 4) is 28.6 Å². The molecule has 1 aromatic carbocycles. The van der Waals surface area contributed by atoms with Crippen LogP contribution in [0.3, 0.4) is 0 Å². The van der Waals surface area contributed by atoms with Crippen LogP contribution in [0, 0.1) is 0 Å². The Labute approximate surface area is 157 Å². The van der Waals surface area contributed by atoms with E-state index in [4.69, 9.17) is 9.15 Å². The van der Waals surface area contributed by atoms with Crippen LogP contribution in [-0.2, 0) is 6.54 Å². The quantitative estimate of drug-likeness (QED) is 0.499. The predicted molar refractivity (Wildman–Crippen MR) is 91.4 cm³/mol. The van der Waals surface area contributed by atoms with E-state index in [9.17, 15) is 8.78 Å². The first-order valence-corrected chi connectivity index (χ1v) is 8.11. The molecule has 11 heteroatoms. The van der Waals surface area contributed by atoms with E-state index >= 15 is 0 Å². The number of pyridine rings is 1. The lowest BCUT2D eigenvalue weighted by molar-refractivity contribution is 0.116. The second kappa shape index (κ2) is 7.47. The van der Waals surface area contributed by atoms with Crippen molar-refractivity contribution >= 4 is 0 Å². The Kier molecular flexibility index (Phi) is 4.70. The third-order valence-electron chi connectivity index (χ3n) is 3.78. The molecule has 0 saturated heterocycles. The first-order valence-electron chi connectivity index (χ1n) is 8.11. The molecule has 0 saturated carbocycles. The van der Waals surface area contributed by atoms with Crippen LogP contribution in [-0.4, -0.2) is 42.5 Å². The lowest BCUT2D eigenvalue weighted by atomic mass is 10.2. The Morgan fingerprint density at radius 1 is 1.11 bits per heavy atom. The van der Waals surface area contributed by atoms with Gasteiger partial charge in [-0.2, -0.15) is 13.6 Å². The topological polar surface area (TPSA) is 105 Å². The number of rotatable bonds is 6. The number of tetrazole rings is 1. The summed E-state index contributed by atoms with van der Waals surface area (Å²) in [4.78, 5) is 5.65. The molecule has 0 aliphatic rings. The van der Waals surface area contributed by atoms with Crippen molar-refractivity contribution in [3.63, 3.8) is 0 Å². The van der Waals surface area contributed by atoms with E-state index in [1.54, 1.807) is 19.2 Å². The van der Waals surface area contributed by atoms with Crippen LogP contribution in [0.4, 0.5) is 8.78 Å².